The summed E-state index contributed by atoms with van der Waals surface area (Å²) in [5, 5.41) is 0. The third kappa shape index (κ3) is 5.85. The normalized spacial score (nSPS) is 19.9. The zero-order valence-electron chi connectivity index (χ0n) is 16.4. The van der Waals surface area contributed by atoms with Crippen molar-refractivity contribution in [1.29, 1.82) is 0 Å². The molecule has 2 rings (SSSR count). The highest BCUT2D eigenvalue weighted by Crippen LogP contribution is 2.31. The zero-order valence-corrected chi connectivity index (χ0v) is 18.0. The highest BCUT2D eigenvalue weighted by molar-refractivity contribution is 9.10. The lowest BCUT2D eigenvalue weighted by molar-refractivity contribution is -0.0623. The van der Waals surface area contributed by atoms with E-state index in [2.05, 4.69) is 46.3 Å². The van der Waals surface area contributed by atoms with E-state index in [4.69, 9.17) is 9.47 Å². The van der Waals surface area contributed by atoms with Crippen molar-refractivity contribution in [3.05, 3.63) is 46.5 Å². The Kier molecular flexibility index (Phi) is 6.92. The van der Waals surface area contributed by atoms with E-state index in [1.54, 1.807) is 4.90 Å². The third-order valence-corrected chi connectivity index (χ3v) is 5.05. The number of carbonyl (C=O) groups is 1. The van der Waals surface area contributed by atoms with E-state index < -0.39 is 11.3 Å². The molecule has 4 nitrogen and oxygen atoms in total. The largest absolute Gasteiger partial charge is 0.444 e. The van der Waals surface area contributed by atoms with E-state index in [-0.39, 0.29) is 12.1 Å². The van der Waals surface area contributed by atoms with Gasteiger partial charge in [0.15, 0.2) is 0 Å². The highest BCUT2D eigenvalue weighted by Gasteiger charge is 2.45. The van der Waals surface area contributed by atoms with Gasteiger partial charge in [-0.25, -0.2) is 4.79 Å². The molecule has 1 heterocycles. The van der Waals surface area contributed by atoms with Crippen molar-refractivity contribution in [2.75, 3.05) is 6.61 Å². The lowest BCUT2D eigenvalue weighted by Gasteiger charge is -2.34. The van der Waals surface area contributed by atoms with Gasteiger partial charge in [-0.05, 0) is 65.5 Å². The fourth-order valence-electron chi connectivity index (χ4n) is 3.05. The lowest BCUT2D eigenvalue weighted by Crippen LogP contribution is -2.49. The number of halogens is 1. The van der Waals surface area contributed by atoms with Gasteiger partial charge in [-0.3, -0.25) is 4.90 Å². The molecule has 0 N–H and O–H groups in total. The topological polar surface area (TPSA) is 38.8 Å². The first-order chi connectivity index (χ1) is 12.1. The summed E-state index contributed by atoms with van der Waals surface area (Å²) in [7, 11) is 0. The van der Waals surface area contributed by atoms with Crippen LogP contribution in [0.15, 0.2) is 40.9 Å². The molecule has 1 aliphatic heterocycles. The summed E-state index contributed by atoms with van der Waals surface area (Å²) in [6.45, 7) is 9.99. The van der Waals surface area contributed by atoms with Gasteiger partial charge >= 0.3 is 6.09 Å². The average molecular weight is 424 g/mol. The van der Waals surface area contributed by atoms with E-state index in [1.165, 1.54) is 5.56 Å². The van der Waals surface area contributed by atoms with Crippen LogP contribution in [-0.4, -0.2) is 35.0 Å². The molecule has 5 heteroatoms. The molecule has 0 unspecified atom stereocenters. The van der Waals surface area contributed by atoms with Crippen molar-refractivity contribution in [2.24, 2.45) is 0 Å². The maximum atomic E-state index is 12.6. The van der Waals surface area contributed by atoms with Gasteiger partial charge in [0.25, 0.3) is 0 Å². The van der Waals surface area contributed by atoms with Crippen molar-refractivity contribution in [3.8, 4) is 0 Å². The molecule has 0 saturated carbocycles. The molecule has 1 amide bonds. The molecule has 1 fully saturated rings. The third-order valence-electron chi connectivity index (χ3n) is 4.28. The predicted octanol–water partition coefficient (Wildman–Crippen LogP) is 5.70. The first-order valence-electron chi connectivity index (χ1n) is 9.15. The molecule has 0 aliphatic carbocycles. The molecule has 0 bridgehead atoms. The van der Waals surface area contributed by atoms with Crippen LogP contribution < -0.4 is 0 Å². The van der Waals surface area contributed by atoms with Crippen LogP contribution in [0.1, 0.15) is 53.0 Å². The van der Waals surface area contributed by atoms with Gasteiger partial charge in [0.2, 0.25) is 0 Å². The molecule has 26 heavy (non-hydrogen) atoms. The predicted molar refractivity (Wildman–Crippen MR) is 108 cm³/mol. The standard InChI is InChI=1S/C21H30BrNO3/c1-20(2,3)26-19(24)23-17(15-25-21(23,4)5)13-8-6-7-11-16-12-9-10-14-18(16)22/h6,8-10,12,14,17H,7,11,13,15H2,1-5H3/b8-6+/t17-/m0/s1. The van der Waals surface area contributed by atoms with Gasteiger partial charge in [-0.15, -0.1) is 0 Å². The van der Waals surface area contributed by atoms with Crippen LogP contribution in [0.4, 0.5) is 4.79 Å². The molecule has 0 radical (unpaired) electrons. The van der Waals surface area contributed by atoms with Crippen LogP contribution in [-0.2, 0) is 15.9 Å². The maximum absolute atomic E-state index is 12.6. The van der Waals surface area contributed by atoms with Crippen molar-refractivity contribution in [3.63, 3.8) is 0 Å². The molecule has 1 aliphatic rings. The minimum absolute atomic E-state index is 0.000406. The van der Waals surface area contributed by atoms with E-state index in [9.17, 15) is 4.79 Å². The summed E-state index contributed by atoms with van der Waals surface area (Å²) >= 11 is 3.58. The average Bonchev–Trinajstić information content (AvgIpc) is 2.82. The van der Waals surface area contributed by atoms with Gasteiger partial charge in [0.1, 0.15) is 11.3 Å². The molecule has 0 spiro atoms. The number of carbonyl (C=O) groups excluding carboxylic acids is 1. The number of hydrogen-bond donors (Lipinski definition) is 0. The number of benzene rings is 1. The number of allylic oxidation sites excluding steroid dienone is 1. The van der Waals surface area contributed by atoms with Crippen molar-refractivity contribution in [1.82, 2.24) is 4.90 Å². The Bertz CT molecular complexity index is 649. The number of amides is 1. The van der Waals surface area contributed by atoms with E-state index in [0.29, 0.717) is 6.61 Å². The monoisotopic (exact) mass is 423 g/mol. The Hall–Kier alpha value is -1.33. The summed E-state index contributed by atoms with van der Waals surface area (Å²) in [5.41, 5.74) is 0.146. The molecule has 1 saturated heterocycles. The van der Waals surface area contributed by atoms with E-state index in [0.717, 1.165) is 23.7 Å². The molecule has 1 aromatic carbocycles. The Morgan fingerprint density at radius 2 is 2.04 bits per heavy atom. The Morgan fingerprint density at radius 3 is 2.69 bits per heavy atom. The van der Waals surface area contributed by atoms with Crippen LogP contribution in [0.3, 0.4) is 0 Å². The lowest BCUT2D eigenvalue weighted by atomic mass is 10.1. The molecule has 0 aromatic heterocycles. The molecular weight excluding hydrogens is 394 g/mol. The van der Waals surface area contributed by atoms with Crippen molar-refractivity contribution in [2.45, 2.75) is 71.2 Å². The zero-order chi connectivity index (χ0) is 19.4. The van der Waals surface area contributed by atoms with E-state index in [1.807, 2.05) is 40.7 Å². The summed E-state index contributed by atoms with van der Waals surface area (Å²) < 4.78 is 12.5. The summed E-state index contributed by atoms with van der Waals surface area (Å²) in [6.07, 6.45) is 6.72. The molecule has 1 atom stereocenters. The molecule has 1 aromatic rings. The summed E-state index contributed by atoms with van der Waals surface area (Å²) in [5.74, 6) is 0. The quantitative estimate of drug-likeness (QED) is 0.569. The van der Waals surface area contributed by atoms with E-state index >= 15 is 0 Å². The van der Waals surface area contributed by atoms with Gasteiger partial charge in [-0.1, -0.05) is 46.3 Å². The second-order valence-electron chi connectivity index (χ2n) is 8.10. The fraction of sp³-hybridized carbons (Fsp3) is 0.571. The number of rotatable bonds is 5. The second-order valence-corrected chi connectivity index (χ2v) is 8.95. The van der Waals surface area contributed by atoms with Gasteiger partial charge < -0.3 is 9.47 Å². The first-order valence-corrected chi connectivity index (χ1v) is 9.94. The minimum atomic E-state index is -0.643. The van der Waals surface area contributed by atoms with Crippen LogP contribution in [0.2, 0.25) is 0 Å². The Balaban J connectivity index is 1.90. The number of hydrogen-bond acceptors (Lipinski definition) is 3. The smallest absolute Gasteiger partial charge is 0.412 e. The van der Waals surface area contributed by atoms with Crippen molar-refractivity contribution < 1.29 is 14.3 Å². The maximum Gasteiger partial charge on any atom is 0.412 e. The molecule has 144 valence electrons. The fourth-order valence-corrected chi connectivity index (χ4v) is 3.53. The number of ether oxygens (including phenoxy) is 2. The van der Waals surface area contributed by atoms with Crippen LogP contribution in [0.5, 0.6) is 0 Å². The summed E-state index contributed by atoms with van der Waals surface area (Å²) in [4.78, 5) is 14.3. The SMILES string of the molecule is CC(C)(C)OC(=O)N1[C@@H](C/C=C/CCc2ccccc2Br)COC1(C)C. The minimum Gasteiger partial charge on any atom is -0.444 e. The molecular formula is C21H30BrNO3. The number of aryl methyl sites for hydroxylation is 1. The second kappa shape index (κ2) is 8.57. The van der Waals surface area contributed by atoms with Crippen LogP contribution in [0, 0.1) is 0 Å². The highest BCUT2D eigenvalue weighted by atomic mass is 79.9. The van der Waals surface area contributed by atoms with Gasteiger partial charge in [0, 0.05) is 4.47 Å². The van der Waals surface area contributed by atoms with Crippen LogP contribution >= 0.6 is 15.9 Å². The summed E-state index contributed by atoms with van der Waals surface area (Å²) in [6, 6.07) is 8.28. The van der Waals surface area contributed by atoms with Gasteiger partial charge in [0.05, 0.1) is 12.6 Å². The van der Waals surface area contributed by atoms with Gasteiger partial charge in [-0.2, -0.15) is 0 Å². The number of nitrogens with zero attached hydrogens (tertiary/aromatic N) is 1. The van der Waals surface area contributed by atoms with Crippen LogP contribution in [0.25, 0.3) is 0 Å². The first kappa shape index (κ1) is 21.0. The Morgan fingerprint density at radius 1 is 1.35 bits per heavy atom. The Labute approximate surface area is 165 Å². The van der Waals surface area contributed by atoms with Crippen molar-refractivity contribution >= 4 is 22.0 Å².